The Morgan fingerprint density at radius 3 is 2.43 bits per heavy atom. The molecule has 0 amide bonds. The molecule has 0 aliphatic heterocycles. The van der Waals surface area contributed by atoms with Gasteiger partial charge < -0.3 is 0 Å². The lowest BCUT2D eigenvalue weighted by atomic mass is 10.1. The zero-order valence-corrected chi connectivity index (χ0v) is 15.5. The van der Waals surface area contributed by atoms with Crippen molar-refractivity contribution in [3.8, 4) is 11.4 Å². The minimum atomic E-state index is 0.412. The van der Waals surface area contributed by atoms with Crippen LogP contribution < -0.4 is 0 Å². The number of benzene rings is 2. The van der Waals surface area contributed by atoms with Gasteiger partial charge in [-0.3, -0.25) is 0 Å². The normalized spacial score (nSPS) is 11.1. The maximum absolute atomic E-state index is 6.31. The van der Waals surface area contributed by atoms with Gasteiger partial charge >= 0.3 is 0 Å². The van der Waals surface area contributed by atoms with Gasteiger partial charge in [0, 0.05) is 24.9 Å². The van der Waals surface area contributed by atoms with E-state index in [2.05, 4.69) is 41.8 Å². The third-order valence-corrected chi connectivity index (χ3v) is 4.54. The molecular weight excluding hydrogens is 439 g/mol. The Morgan fingerprint density at radius 1 is 0.952 bits per heavy atom. The first-order chi connectivity index (χ1) is 9.94. The van der Waals surface area contributed by atoms with Crippen LogP contribution in [0.4, 0.5) is 0 Å². The molecule has 3 aromatic rings. The molecule has 2 nitrogen and oxygen atoms in total. The average Bonchev–Trinajstić information content (AvgIpc) is 2.38. The van der Waals surface area contributed by atoms with Crippen molar-refractivity contribution < 1.29 is 0 Å². The predicted octanol–water partition coefficient (Wildman–Crippen LogP) is 6.44. The van der Waals surface area contributed by atoms with Crippen LogP contribution in [0.3, 0.4) is 0 Å². The molecule has 3 rings (SSSR count). The summed E-state index contributed by atoms with van der Waals surface area (Å²) in [5.74, 6) is 0.557. The van der Waals surface area contributed by atoms with Gasteiger partial charge in [-0.1, -0.05) is 39.1 Å². The van der Waals surface area contributed by atoms with Gasteiger partial charge in [0.1, 0.15) is 5.15 Å². The molecule has 2 aromatic carbocycles. The van der Waals surface area contributed by atoms with Crippen molar-refractivity contribution >= 4 is 66.0 Å². The van der Waals surface area contributed by atoms with Gasteiger partial charge in [-0.2, -0.15) is 0 Å². The van der Waals surface area contributed by atoms with Crippen LogP contribution in [0.1, 0.15) is 5.56 Å². The van der Waals surface area contributed by atoms with Crippen LogP contribution in [0.25, 0.3) is 22.3 Å². The zero-order valence-electron chi connectivity index (χ0n) is 10.8. The lowest BCUT2D eigenvalue weighted by Gasteiger charge is -2.08. The van der Waals surface area contributed by atoms with Crippen molar-refractivity contribution in [2.24, 2.45) is 0 Å². The molecule has 0 saturated heterocycles. The van der Waals surface area contributed by atoms with Gasteiger partial charge in [-0.25, -0.2) is 9.97 Å². The van der Waals surface area contributed by atoms with Gasteiger partial charge in [0.2, 0.25) is 0 Å². The highest BCUT2D eigenvalue weighted by molar-refractivity contribution is 9.11. The fraction of sp³-hybridized carbons (Fsp3) is 0.0667. The van der Waals surface area contributed by atoms with Crippen LogP contribution in [0.2, 0.25) is 10.2 Å². The third kappa shape index (κ3) is 3.09. The monoisotopic (exact) mass is 444 g/mol. The molecule has 0 fully saturated rings. The number of halogens is 4. The first-order valence-electron chi connectivity index (χ1n) is 6.04. The average molecular weight is 447 g/mol. The van der Waals surface area contributed by atoms with Gasteiger partial charge in [-0.05, 0) is 58.7 Å². The Labute approximate surface area is 148 Å². The quantitative estimate of drug-likeness (QED) is 0.402. The molecule has 0 saturated carbocycles. The molecule has 0 atom stereocenters. The largest absolute Gasteiger partial charge is 0.227 e. The first kappa shape index (κ1) is 15.2. The molecule has 6 heteroatoms. The molecular formula is C15H8Br2Cl2N2. The summed E-state index contributed by atoms with van der Waals surface area (Å²) in [6, 6.07) is 9.53. The van der Waals surface area contributed by atoms with E-state index in [0.717, 1.165) is 31.0 Å². The maximum atomic E-state index is 6.31. The number of aryl methyl sites for hydroxylation is 1. The summed E-state index contributed by atoms with van der Waals surface area (Å²) in [6.45, 7) is 1.98. The minimum absolute atomic E-state index is 0.412. The summed E-state index contributed by atoms with van der Waals surface area (Å²) in [7, 11) is 0. The van der Waals surface area contributed by atoms with Crippen molar-refractivity contribution in [3.05, 3.63) is 55.0 Å². The van der Waals surface area contributed by atoms with Crippen molar-refractivity contribution in [1.82, 2.24) is 9.97 Å². The van der Waals surface area contributed by atoms with Crippen molar-refractivity contribution in [3.63, 3.8) is 0 Å². The predicted molar refractivity (Wildman–Crippen MR) is 95.1 cm³/mol. The first-order valence-corrected chi connectivity index (χ1v) is 8.38. The fourth-order valence-corrected chi connectivity index (χ4v) is 3.94. The van der Waals surface area contributed by atoms with Crippen LogP contribution in [-0.4, -0.2) is 9.97 Å². The summed E-state index contributed by atoms with van der Waals surface area (Å²) in [6.07, 6.45) is 0. The van der Waals surface area contributed by atoms with Gasteiger partial charge in [0.25, 0.3) is 0 Å². The highest BCUT2D eigenvalue weighted by Gasteiger charge is 2.12. The molecule has 0 N–H and O–H groups in total. The Bertz CT molecular complexity index is 846. The summed E-state index contributed by atoms with van der Waals surface area (Å²) in [4.78, 5) is 9.00. The summed E-state index contributed by atoms with van der Waals surface area (Å²) in [5.41, 5.74) is 2.66. The molecule has 0 unspecified atom stereocenters. The van der Waals surface area contributed by atoms with E-state index in [1.807, 2.05) is 37.3 Å². The van der Waals surface area contributed by atoms with Crippen molar-refractivity contribution in [1.29, 1.82) is 0 Å². The maximum Gasteiger partial charge on any atom is 0.161 e. The molecule has 0 aliphatic carbocycles. The SMILES string of the molecule is Cc1cc(Cl)cc(-c2nc(Cl)c3cc(Br)cc(Br)c3n2)c1. The summed E-state index contributed by atoms with van der Waals surface area (Å²) < 4.78 is 1.77. The highest BCUT2D eigenvalue weighted by atomic mass is 79.9. The lowest BCUT2D eigenvalue weighted by Crippen LogP contribution is -1.93. The Kier molecular flexibility index (Phi) is 4.23. The highest BCUT2D eigenvalue weighted by Crippen LogP contribution is 2.33. The number of nitrogens with zero attached hydrogens (tertiary/aromatic N) is 2. The standard InChI is InChI=1S/C15H8Br2Cl2N2/c1-7-2-8(4-10(18)3-7)15-20-13-11(14(19)21-15)5-9(16)6-12(13)17/h2-6H,1H3. The number of rotatable bonds is 1. The third-order valence-electron chi connectivity index (χ3n) is 2.97. The zero-order chi connectivity index (χ0) is 15.1. The number of fused-ring (bicyclic) bond motifs is 1. The topological polar surface area (TPSA) is 25.8 Å². The van der Waals surface area contributed by atoms with E-state index in [1.165, 1.54) is 0 Å². The molecule has 21 heavy (non-hydrogen) atoms. The van der Waals surface area contributed by atoms with E-state index in [1.54, 1.807) is 0 Å². The van der Waals surface area contributed by atoms with Gasteiger partial charge in [-0.15, -0.1) is 0 Å². The fourth-order valence-electron chi connectivity index (χ4n) is 2.12. The van der Waals surface area contributed by atoms with Gasteiger partial charge in [0.15, 0.2) is 5.82 Å². The van der Waals surface area contributed by atoms with Crippen LogP contribution >= 0.6 is 55.1 Å². The Balaban J connectivity index is 2.30. The van der Waals surface area contributed by atoms with Gasteiger partial charge in [0.05, 0.1) is 5.52 Å². The smallest absolute Gasteiger partial charge is 0.161 e. The molecule has 1 aromatic heterocycles. The Morgan fingerprint density at radius 2 is 1.71 bits per heavy atom. The van der Waals surface area contributed by atoms with E-state index >= 15 is 0 Å². The van der Waals surface area contributed by atoms with E-state index < -0.39 is 0 Å². The second kappa shape index (κ2) is 5.84. The van der Waals surface area contributed by atoms with E-state index in [0.29, 0.717) is 16.0 Å². The second-order valence-corrected chi connectivity index (χ2v) is 7.20. The van der Waals surface area contributed by atoms with Crippen LogP contribution in [0.15, 0.2) is 39.3 Å². The number of hydrogen-bond acceptors (Lipinski definition) is 2. The van der Waals surface area contributed by atoms with E-state index in [9.17, 15) is 0 Å². The Hall–Kier alpha value is -0.680. The van der Waals surface area contributed by atoms with Crippen molar-refractivity contribution in [2.75, 3.05) is 0 Å². The minimum Gasteiger partial charge on any atom is -0.227 e. The number of aromatic nitrogens is 2. The van der Waals surface area contributed by atoms with Crippen LogP contribution in [0, 0.1) is 6.92 Å². The number of hydrogen-bond donors (Lipinski definition) is 0. The molecule has 0 aliphatic rings. The summed E-state index contributed by atoms with van der Waals surface area (Å²) >= 11 is 19.4. The second-order valence-electron chi connectivity index (χ2n) is 4.64. The molecule has 0 radical (unpaired) electrons. The van der Waals surface area contributed by atoms with Crippen molar-refractivity contribution in [2.45, 2.75) is 6.92 Å². The molecule has 0 bridgehead atoms. The van der Waals surface area contributed by atoms with Crippen LogP contribution in [0.5, 0.6) is 0 Å². The molecule has 0 spiro atoms. The summed E-state index contributed by atoms with van der Waals surface area (Å²) in [5, 5.41) is 1.86. The lowest BCUT2D eigenvalue weighted by molar-refractivity contribution is 1.22. The van der Waals surface area contributed by atoms with E-state index in [4.69, 9.17) is 23.2 Å². The molecule has 1 heterocycles. The van der Waals surface area contributed by atoms with E-state index in [-0.39, 0.29) is 0 Å². The molecule has 106 valence electrons. The van der Waals surface area contributed by atoms with Crippen LogP contribution in [-0.2, 0) is 0 Å².